The molecule has 0 saturated carbocycles. The average molecular weight is 455 g/mol. The fourth-order valence-corrected chi connectivity index (χ4v) is 3.85. The van der Waals surface area contributed by atoms with Crippen LogP contribution >= 0.6 is 0 Å². The SMILES string of the molecule is COc1ccc2c(COC(=O)c3ccc(N4C(=O)c5ccccc5C4=O)cc3)cc(=O)oc2c1. The number of benzene rings is 3. The van der Waals surface area contributed by atoms with E-state index in [0.29, 0.717) is 39.1 Å². The molecule has 0 N–H and O–H groups in total. The normalized spacial score (nSPS) is 12.7. The highest BCUT2D eigenvalue weighted by Crippen LogP contribution is 2.28. The molecule has 4 aromatic rings. The summed E-state index contributed by atoms with van der Waals surface area (Å²) >= 11 is 0. The second-order valence-electron chi connectivity index (χ2n) is 7.57. The zero-order chi connectivity index (χ0) is 23.8. The number of methoxy groups -OCH3 is 1. The lowest BCUT2D eigenvalue weighted by atomic mass is 10.1. The molecule has 168 valence electrons. The number of fused-ring (bicyclic) bond motifs is 2. The minimum atomic E-state index is -0.621. The number of esters is 1. The van der Waals surface area contributed by atoms with E-state index in [1.165, 1.54) is 37.4 Å². The standard InChI is InChI=1S/C26H17NO7/c1-32-18-10-11-19-16(12-23(28)34-22(19)13-18)14-33-26(31)15-6-8-17(9-7-15)27-24(29)20-4-2-3-5-21(20)25(27)30/h2-13H,14H2,1H3. The summed E-state index contributed by atoms with van der Waals surface area (Å²) in [6, 6.07) is 18.9. The van der Waals surface area contributed by atoms with E-state index >= 15 is 0 Å². The zero-order valence-electron chi connectivity index (χ0n) is 17.9. The van der Waals surface area contributed by atoms with Crippen LogP contribution in [-0.4, -0.2) is 24.9 Å². The zero-order valence-corrected chi connectivity index (χ0v) is 17.9. The van der Waals surface area contributed by atoms with Gasteiger partial charge in [-0.25, -0.2) is 14.5 Å². The van der Waals surface area contributed by atoms with E-state index in [1.54, 1.807) is 42.5 Å². The first-order valence-corrected chi connectivity index (χ1v) is 10.3. The Morgan fingerprint density at radius 1 is 0.882 bits per heavy atom. The number of carbonyl (C=O) groups is 3. The molecule has 0 bridgehead atoms. The monoisotopic (exact) mass is 455 g/mol. The van der Waals surface area contributed by atoms with Crippen molar-refractivity contribution in [1.82, 2.24) is 0 Å². The van der Waals surface area contributed by atoms with E-state index in [9.17, 15) is 19.2 Å². The number of amides is 2. The molecule has 0 spiro atoms. The van der Waals surface area contributed by atoms with Crippen LogP contribution in [0.3, 0.4) is 0 Å². The maximum atomic E-state index is 12.6. The number of hydrogen-bond donors (Lipinski definition) is 0. The number of rotatable bonds is 5. The van der Waals surface area contributed by atoms with Crippen molar-refractivity contribution < 1.29 is 28.3 Å². The Morgan fingerprint density at radius 3 is 2.21 bits per heavy atom. The van der Waals surface area contributed by atoms with Crippen molar-refractivity contribution in [2.24, 2.45) is 0 Å². The number of anilines is 1. The molecule has 2 heterocycles. The summed E-state index contributed by atoms with van der Waals surface area (Å²) in [4.78, 5) is 50.8. The van der Waals surface area contributed by atoms with E-state index in [-0.39, 0.29) is 12.2 Å². The molecule has 8 heteroatoms. The van der Waals surface area contributed by atoms with Crippen LogP contribution in [0, 0.1) is 0 Å². The molecule has 1 aromatic heterocycles. The molecule has 0 unspecified atom stereocenters. The van der Waals surface area contributed by atoms with Crippen molar-refractivity contribution in [1.29, 1.82) is 0 Å². The fourth-order valence-electron chi connectivity index (χ4n) is 3.85. The highest BCUT2D eigenvalue weighted by Gasteiger charge is 2.36. The summed E-state index contributed by atoms with van der Waals surface area (Å²) in [7, 11) is 1.50. The number of nitrogens with zero attached hydrogens (tertiary/aromatic N) is 1. The summed E-state index contributed by atoms with van der Waals surface area (Å²) in [5, 5.41) is 0.620. The third-order valence-electron chi connectivity index (χ3n) is 5.55. The predicted molar refractivity (Wildman–Crippen MR) is 122 cm³/mol. The molecular formula is C26H17NO7. The topological polar surface area (TPSA) is 103 Å². The largest absolute Gasteiger partial charge is 0.497 e. The first-order valence-electron chi connectivity index (χ1n) is 10.3. The molecule has 2 amide bonds. The Kier molecular flexibility index (Phi) is 5.18. The summed E-state index contributed by atoms with van der Waals surface area (Å²) in [6.07, 6.45) is 0. The van der Waals surface area contributed by atoms with Crippen LogP contribution in [0.5, 0.6) is 5.75 Å². The molecule has 0 atom stereocenters. The molecule has 0 radical (unpaired) electrons. The summed E-state index contributed by atoms with van der Waals surface area (Å²) < 4.78 is 15.7. The highest BCUT2D eigenvalue weighted by molar-refractivity contribution is 6.34. The number of imide groups is 1. The van der Waals surface area contributed by atoms with Crippen molar-refractivity contribution in [3.63, 3.8) is 0 Å². The molecule has 1 aliphatic heterocycles. The van der Waals surface area contributed by atoms with Gasteiger partial charge < -0.3 is 13.9 Å². The molecule has 0 saturated heterocycles. The van der Waals surface area contributed by atoms with Gasteiger partial charge in [0, 0.05) is 23.1 Å². The van der Waals surface area contributed by atoms with Gasteiger partial charge in [0.15, 0.2) is 0 Å². The van der Waals surface area contributed by atoms with Gasteiger partial charge in [-0.2, -0.15) is 0 Å². The Bertz CT molecular complexity index is 1480. The van der Waals surface area contributed by atoms with Gasteiger partial charge in [-0.15, -0.1) is 0 Å². The van der Waals surface area contributed by atoms with Gasteiger partial charge in [-0.3, -0.25) is 9.59 Å². The maximum Gasteiger partial charge on any atom is 0.338 e. The van der Waals surface area contributed by atoms with Crippen LogP contribution in [0.1, 0.15) is 36.6 Å². The van der Waals surface area contributed by atoms with Crippen LogP contribution in [0.4, 0.5) is 5.69 Å². The maximum absolute atomic E-state index is 12.6. The van der Waals surface area contributed by atoms with Crippen molar-refractivity contribution in [3.05, 3.63) is 105 Å². The van der Waals surface area contributed by atoms with Gasteiger partial charge in [0.2, 0.25) is 0 Å². The second-order valence-corrected chi connectivity index (χ2v) is 7.57. The van der Waals surface area contributed by atoms with Crippen LogP contribution < -0.4 is 15.3 Å². The van der Waals surface area contributed by atoms with Gasteiger partial charge in [0.25, 0.3) is 11.8 Å². The van der Waals surface area contributed by atoms with Gasteiger partial charge in [-0.05, 0) is 48.5 Å². The summed E-state index contributed by atoms with van der Waals surface area (Å²) in [5.74, 6) is -0.920. The third kappa shape index (κ3) is 3.61. The Hall–Kier alpha value is -4.72. The quantitative estimate of drug-likeness (QED) is 0.255. The van der Waals surface area contributed by atoms with Crippen LogP contribution in [-0.2, 0) is 11.3 Å². The number of ether oxygens (including phenoxy) is 2. The Balaban J connectivity index is 1.33. The highest BCUT2D eigenvalue weighted by atomic mass is 16.5. The van der Waals surface area contributed by atoms with E-state index in [0.717, 1.165) is 4.90 Å². The van der Waals surface area contributed by atoms with E-state index < -0.39 is 23.4 Å². The van der Waals surface area contributed by atoms with Crippen molar-refractivity contribution in [2.75, 3.05) is 12.0 Å². The number of carbonyl (C=O) groups excluding carboxylic acids is 3. The third-order valence-corrected chi connectivity index (χ3v) is 5.55. The first-order chi connectivity index (χ1) is 16.5. The molecule has 8 nitrogen and oxygen atoms in total. The molecule has 3 aromatic carbocycles. The molecule has 0 fully saturated rings. The van der Waals surface area contributed by atoms with Gasteiger partial charge in [0.1, 0.15) is 17.9 Å². The molecule has 34 heavy (non-hydrogen) atoms. The average Bonchev–Trinajstić information content (AvgIpc) is 3.11. The lowest BCUT2D eigenvalue weighted by Crippen LogP contribution is -2.29. The van der Waals surface area contributed by atoms with Crippen molar-refractivity contribution >= 4 is 34.4 Å². The summed E-state index contributed by atoms with van der Waals surface area (Å²) in [6.45, 7) is -0.145. The first kappa shape index (κ1) is 21.1. The Morgan fingerprint density at radius 2 is 1.56 bits per heavy atom. The number of hydrogen-bond acceptors (Lipinski definition) is 7. The minimum absolute atomic E-state index is 0.145. The van der Waals surface area contributed by atoms with Crippen LogP contribution in [0.25, 0.3) is 11.0 Å². The smallest absolute Gasteiger partial charge is 0.338 e. The summed E-state index contributed by atoms with van der Waals surface area (Å²) in [5.41, 5.74) is 1.50. The lowest BCUT2D eigenvalue weighted by Gasteiger charge is -2.14. The predicted octanol–water partition coefficient (Wildman–Crippen LogP) is 3.96. The minimum Gasteiger partial charge on any atom is -0.497 e. The van der Waals surface area contributed by atoms with E-state index in [2.05, 4.69) is 0 Å². The van der Waals surface area contributed by atoms with E-state index in [1.807, 2.05) is 0 Å². The molecular weight excluding hydrogens is 438 g/mol. The van der Waals surface area contributed by atoms with Crippen LogP contribution in [0.2, 0.25) is 0 Å². The second kappa shape index (κ2) is 8.32. The van der Waals surface area contributed by atoms with Gasteiger partial charge >= 0.3 is 11.6 Å². The van der Waals surface area contributed by atoms with Crippen LogP contribution in [0.15, 0.2) is 82.0 Å². The fraction of sp³-hybridized carbons (Fsp3) is 0.0769. The van der Waals surface area contributed by atoms with Gasteiger partial charge in [0.05, 0.1) is 29.5 Å². The van der Waals surface area contributed by atoms with Gasteiger partial charge in [-0.1, -0.05) is 12.1 Å². The van der Waals surface area contributed by atoms with E-state index in [4.69, 9.17) is 13.9 Å². The van der Waals surface area contributed by atoms with Crippen molar-refractivity contribution in [3.8, 4) is 5.75 Å². The molecule has 1 aliphatic rings. The molecule has 5 rings (SSSR count). The Labute approximate surface area is 192 Å². The van der Waals surface area contributed by atoms with Crippen molar-refractivity contribution in [2.45, 2.75) is 6.61 Å². The lowest BCUT2D eigenvalue weighted by molar-refractivity contribution is 0.0473. The molecule has 0 aliphatic carbocycles.